The van der Waals surface area contributed by atoms with Crippen LogP contribution >= 0.6 is 43.2 Å². The zero-order chi connectivity index (χ0) is 15.0. The summed E-state index contributed by atoms with van der Waals surface area (Å²) in [4.78, 5) is 35.9. The van der Waals surface area contributed by atoms with Crippen LogP contribution < -0.4 is 11.1 Å². The lowest BCUT2D eigenvalue weighted by molar-refractivity contribution is 0.0965. The Kier molecular flexibility index (Phi) is 4.46. The number of ketones is 1. The van der Waals surface area contributed by atoms with E-state index in [0.29, 0.717) is 20.5 Å². The van der Waals surface area contributed by atoms with Gasteiger partial charge < -0.3 is 0 Å². The number of H-pyrrole nitrogens is 1. The fourth-order valence-electron chi connectivity index (χ4n) is 1.66. The maximum Gasteiger partial charge on any atom is 0.268 e. The van der Waals surface area contributed by atoms with E-state index in [0.717, 1.165) is 8.47 Å². The Hall–Kier alpha value is -0.990. The molecule has 0 amide bonds. The van der Waals surface area contributed by atoms with Crippen molar-refractivity contribution in [2.24, 2.45) is 0 Å². The van der Waals surface area contributed by atoms with Gasteiger partial charge in [-0.1, -0.05) is 0 Å². The number of hydrogen-bond donors (Lipinski definition) is 1. The van der Waals surface area contributed by atoms with Gasteiger partial charge in [0, 0.05) is 16.7 Å². The van der Waals surface area contributed by atoms with Gasteiger partial charge in [-0.05, 0) is 51.8 Å². The first-order valence-electron chi connectivity index (χ1n) is 5.59. The van der Waals surface area contributed by atoms with Crippen LogP contribution in [0.15, 0.2) is 23.2 Å². The molecule has 0 spiro atoms. The number of aromatic amines is 1. The number of carbonyl (C=O) groups excluding carboxylic acids is 1. The Bertz CT molecular complexity index is 804. The van der Waals surface area contributed by atoms with Crippen LogP contribution in [0, 0.1) is 13.8 Å². The van der Waals surface area contributed by atoms with E-state index in [1.165, 1.54) is 11.3 Å². The maximum absolute atomic E-state index is 12.2. The Morgan fingerprint density at radius 1 is 1.30 bits per heavy atom. The van der Waals surface area contributed by atoms with Crippen LogP contribution in [0.3, 0.4) is 0 Å². The highest BCUT2D eigenvalue weighted by atomic mass is 79.9. The minimum absolute atomic E-state index is 0.197. The van der Waals surface area contributed by atoms with Gasteiger partial charge in [0.1, 0.15) is 6.54 Å². The Balaban J connectivity index is 2.41. The fraction of sp³-hybridized carbons (Fsp3) is 0.250. The third kappa shape index (κ3) is 2.87. The number of hydrogen-bond acceptors (Lipinski definition) is 4. The van der Waals surface area contributed by atoms with E-state index >= 15 is 0 Å². The van der Waals surface area contributed by atoms with Gasteiger partial charge in [0.25, 0.3) is 11.1 Å². The molecule has 0 fully saturated rings. The summed E-state index contributed by atoms with van der Waals surface area (Å²) in [7, 11) is 0. The topological polar surface area (TPSA) is 71.9 Å². The van der Waals surface area contributed by atoms with Crippen molar-refractivity contribution in [3.05, 3.63) is 51.0 Å². The smallest absolute Gasteiger partial charge is 0.268 e. The van der Waals surface area contributed by atoms with Crippen LogP contribution in [0.5, 0.6) is 0 Å². The molecule has 0 bridgehead atoms. The number of nitrogens with one attached hydrogen (secondary N) is 1. The molecule has 0 saturated carbocycles. The van der Waals surface area contributed by atoms with E-state index in [2.05, 4.69) is 37.0 Å². The SMILES string of the molecule is Cc1c(C)c(=O)n(CC(=O)c2cc(Br)sc2Br)[nH]c1=O. The molecular formula is C12H10Br2N2O3S. The summed E-state index contributed by atoms with van der Waals surface area (Å²) in [5.74, 6) is -0.250. The number of Topliss-reactive ketones (excluding diaryl/α,β-unsaturated/α-hetero) is 1. The molecule has 0 atom stereocenters. The lowest BCUT2D eigenvalue weighted by atomic mass is 10.2. The van der Waals surface area contributed by atoms with Crippen molar-refractivity contribution in [2.75, 3.05) is 0 Å². The molecular weight excluding hydrogens is 412 g/mol. The first kappa shape index (κ1) is 15.4. The van der Waals surface area contributed by atoms with Gasteiger partial charge in [-0.15, -0.1) is 11.3 Å². The summed E-state index contributed by atoms with van der Waals surface area (Å²) in [6.45, 7) is 2.95. The highest BCUT2D eigenvalue weighted by molar-refractivity contribution is 9.12. The van der Waals surface area contributed by atoms with Crippen molar-refractivity contribution < 1.29 is 4.79 Å². The number of rotatable bonds is 3. The summed E-state index contributed by atoms with van der Waals surface area (Å²) in [5, 5.41) is 2.42. The molecule has 1 N–H and O–H groups in total. The minimum Gasteiger partial charge on any atom is -0.292 e. The van der Waals surface area contributed by atoms with E-state index in [9.17, 15) is 14.4 Å². The van der Waals surface area contributed by atoms with Crippen molar-refractivity contribution >= 4 is 49.0 Å². The van der Waals surface area contributed by atoms with Crippen molar-refractivity contribution in [1.29, 1.82) is 0 Å². The van der Waals surface area contributed by atoms with Crippen LogP contribution in [0.25, 0.3) is 0 Å². The molecule has 0 aliphatic heterocycles. The first-order chi connectivity index (χ1) is 9.31. The largest absolute Gasteiger partial charge is 0.292 e. The Morgan fingerprint density at radius 2 is 1.95 bits per heavy atom. The highest BCUT2D eigenvalue weighted by Gasteiger charge is 2.16. The van der Waals surface area contributed by atoms with Crippen LogP contribution in [0.1, 0.15) is 21.5 Å². The van der Waals surface area contributed by atoms with E-state index in [1.807, 2.05) is 0 Å². The third-order valence-electron chi connectivity index (χ3n) is 2.96. The van der Waals surface area contributed by atoms with Crippen molar-refractivity contribution in [3.63, 3.8) is 0 Å². The first-order valence-corrected chi connectivity index (χ1v) is 8.00. The van der Waals surface area contributed by atoms with Gasteiger partial charge in [-0.2, -0.15) is 0 Å². The summed E-state index contributed by atoms with van der Waals surface area (Å²) in [6, 6.07) is 1.68. The van der Waals surface area contributed by atoms with Crippen LogP contribution in [-0.2, 0) is 6.54 Å². The standard InChI is InChI=1S/C12H10Br2N2O3S/c1-5-6(2)12(19)16(15-11(5)18)4-8(17)7-3-9(13)20-10(7)14/h3H,4H2,1-2H3,(H,15,18). The predicted molar refractivity (Wildman–Crippen MR) is 84.8 cm³/mol. The summed E-state index contributed by atoms with van der Waals surface area (Å²) < 4.78 is 2.55. The Labute approximate surface area is 134 Å². The van der Waals surface area contributed by atoms with E-state index in [1.54, 1.807) is 19.9 Å². The average molecular weight is 422 g/mol. The van der Waals surface area contributed by atoms with Crippen LogP contribution in [0.2, 0.25) is 0 Å². The number of aromatic nitrogens is 2. The predicted octanol–water partition coefficient (Wildman–Crippen LogP) is 2.62. The lowest BCUT2D eigenvalue weighted by Gasteiger charge is -2.07. The van der Waals surface area contributed by atoms with Crippen molar-refractivity contribution in [3.8, 4) is 0 Å². The molecule has 2 aromatic heterocycles. The van der Waals surface area contributed by atoms with Gasteiger partial charge in [0.2, 0.25) is 0 Å². The highest BCUT2D eigenvalue weighted by Crippen LogP contribution is 2.32. The van der Waals surface area contributed by atoms with Crippen molar-refractivity contribution in [1.82, 2.24) is 9.78 Å². The monoisotopic (exact) mass is 420 g/mol. The molecule has 20 heavy (non-hydrogen) atoms. The molecule has 0 radical (unpaired) electrons. The zero-order valence-electron chi connectivity index (χ0n) is 10.6. The van der Waals surface area contributed by atoms with Gasteiger partial charge in [0.15, 0.2) is 5.78 Å². The van der Waals surface area contributed by atoms with Gasteiger partial charge in [-0.25, -0.2) is 4.68 Å². The molecule has 0 unspecified atom stereocenters. The van der Waals surface area contributed by atoms with Crippen molar-refractivity contribution in [2.45, 2.75) is 20.4 Å². The molecule has 0 saturated heterocycles. The van der Waals surface area contributed by atoms with Crippen LogP contribution in [0.4, 0.5) is 0 Å². The summed E-state index contributed by atoms with van der Waals surface area (Å²) in [6.07, 6.45) is 0. The molecule has 106 valence electrons. The quantitative estimate of drug-likeness (QED) is 0.774. The number of thiophene rings is 1. The van der Waals surface area contributed by atoms with E-state index in [-0.39, 0.29) is 23.4 Å². The molecule has 5 nitrogen and oxygen atoms in total. The zero-order valence-corrected chi connectivity index (χ0v) is 14.6. The molecule has 8 heteroatoms. The molecule has 0 aliphatic carbocycles. The number of halogens is 2. The van der Waals surface area contributed by atoms with Gasteiger partial charge in [0.05, 0.1) is 7.57 Å². The molecule has 0 aromatic carbocycles. The average Bonchev–Trinajstić information content (AvgIpc) is 2.72. The summed E-state index contributed by atoms with van der Waals surface area (Å²) >= 11 is 7.97. The molecule has 2 heterocycles. The Morgan fingerprint density at radius 3 is 2.50 bits per heavy atom. The second-order valence-electron chi connectivity index (χ2n) is 4.24. The summed E-state index contributed by atoms with van der Waals surface area (Å²) in [5.41, 5.74) is 0.486. The van der Waals surface area contributed by atoms with Crippen LogP contribution in [-0.4, -0.2) is 15.6 Å². The van der Waals surface area contributed by atoms with Gasteiger partial charge in [-0.3, -0.25) is 19.5 Å². The van der Waals surface area contributed by atoms with Gasteiger partial charge >= 0.3 is 0 Å². The second-order valence-corrected chi connectivity index (χ2v) is 7.99. The second kappa shape index (κ2) is 5.79. The minimum atomic E-state index is -0.361. The number of carbonyl (C=O) groups is 1. The van der Waals surface area contributed by atoms with E-state index in [4.69, 9.17) is 0 Å². The molecule has 2 rings (SSSR count). The lowest BCUT2D eigenvalue weighted by Crippen LogP contribution is -2.35. The third-order valence-corrected chi connectivity index (χ3v) is 5.30. The fourth-order valence-corrected chi connectivity index (χ4v) is 4.52. The maximum atomic E-state index is 12.2. The molecule has 0 aliphatic rings. The normalized spacial score (nSPS) is 10.8. The van der Waals surface area contributed by atoms with E-state index < -0.39 is 0 Å². The number of nitrogens with zero attached hydrogens (tertiary/aromatic N) is 1. The molecule has 2 aromatic rings.